The molecule has 0 aliphatic carbocycles. The Labute approximate surface area is 102 Å². The van der Waals surface area contributed by atoms with Crippen LogP contribution in [0.2, 0.25) is 0 Å². The molecule has 1 aliphatic rings. The molecular weight excluding hydrogens is 212 g/mol. The molecule has 0 aromatic carbocycles. The summed E-state index contributed by atoms with van der Waals surface area (Å²) in [5.74, 6) is 0.269. The van der Waals surface area contributed by atoms with Crippen molar-refractivity contribution in [2.45, 2.75) is 26.3 Å². The summed E-state index contributed by atoms with van der Waals surface area (Å²) >= 11 is 0. The van der Waals surface area contributed by atoms with Gasteiger partial charge in [-0.05, 0) is 31.6 Å². The number of rotatable bonds is 2. The average molecular weight is 230 g/mol. The molecule has 2 heterocycles. The van der Waals surface area contributed by atoms with Crippen LogP contribution in [-0.4, -0.2) is 34.8 Å². The number of nitrogens with zero attached hydrogens (tertiary/aromatic N) is 2. The van der Waals surface area contributed by atoms with Gasteiger partial charge in [0.15, 0.2) is 5.78 Å². The molecule has 0 N–H and O–H groups in total. The maximum Gasteiger partial charge on any atom is 0.161 e. The number of piperidine rings is 1. The largest absolute Gasteiger partial charge is 0.296 e. The van der Waals surface area contributed by atoms with Crippen molar-refractivity contribution in [2.75, 3.05) is 13.1 Å². The molecule has 0 atom stereocenters. The lowest BCUT2D eigenvalue weighted by Crippen LogP contribution is -2.40. The van der Waals surface area contributed by atoms with Crippen molar-refractivity contribution < 1.29 is 4.79 Å². The summed E-state index contributed by atoms with van der Waals surface area (Å²) in [6.45, 7) is 5.96. The molecule has 0 spiro atoms. The Kier molecular flexibility index (Phi) is 3.69. The summed E-state index contributed by atoms with van der Waals surface area (Å²) in [4.78, 5) is 18.2. The quantitative estimate of drug-likeness (QED) is 0.730. The Morgan fingerprint density at radius 1 is 1.47 bits per heavy atom. The van der Waals surface area contributed by atoms with E-state index in [9.17, 15) is 4.79 Å². The molecule has 1 saturated heterocycles. The third-order valence-corrected chi connectivity index (χ3v) is 3.11. The topological polar surface area (TPSA) is 33.2 Å². The molecule has 3 heteroatoms. The van der Waals surface area contributed by atoms with Crippen LogP contribution in [0.25, 0.3) is 6.08 Å². The molecule has 1 fully saturated rings. The van der Waals surface area contributed by atoms with Gasteiger partial charge < -0.3 is 0 Å². The van der Waals surface area contributed by atoms with Gasteiger partial charge in [0.1, 0.15) is 0 Å². The fourth-order valence-corrected chi connectivity index (χ4v) is 2.02. The van der Waals surface area contributed by atoms with Crippen molar-refractivity contribution >= 4 is 11.9 Å². The van der Waals surface area contributed by atoms with Crippen LogP contribution in [0.5, 0.6) is 0 Å². The van der Waals surface area contributed by atoms with Gasteiger partial charge in [-0.15, -0.1) is 0 Å². The first-order chi connectivity index (χ1) is 8.16. The Balaban J connectivity index is 2.18. The number of Topliss-reactive ketones (excluding diaryl/α,β-unsaturated/α-hetero) is 1. The van der Waals surface area contributed by atoms with Gasteiger partial charge in [-0.3, -0.25) is 14.7 Å². The van der Waals surface area contributed by atoms with Gasteiger partial charge >= 0.3 is 0 Å². The fourth-order valence-electron chi connectivity index (χ4n) is 2.02. The van der Waals surface area contributed by atoms with Gasteiger partial charge in [0, 0.05) is 43.5 Å². The molecule has 3 nitrogen and oxygen atoms in total. The van der Waals surface area contributed by atoms with E-state index in [2.05, 4.69) is 23.7 Å². The number of ketones is 1. The van der Waals surface area contributed by atoms with Gasteiger partial charge in [0.05, 0.1) is 0 Å². The molecule has 90 valence electrons. The number of aromatic nitrogens is 1. The molecule has 0 radical (unpaired) electrons. The molecule has 2 rings (SSSR count). The molecule has 17 heavy (non-hydrogen) atoms. The standard InChI is InChI=1S/C14H18N2O/c1-11(2)16-7-5-14(17)13(10-16)8-12-4-3-6-15-9-12/h3-4,6,8-9,11H,5,7,10H2,1-2H3/b13-8+. The zero-order valence-corrected chi connectivity index (χ0v) is 10.4. The van der Waals surface area contributed by atoms with Crippen LogP contribution < -0.4 is 0 Å². The first kappa shape index (κ1) is 12.0. The maximum absolute atomic E-state index is 11.9. The van der Waals surface area contributed by atoms with E-state index in [0.717, 1.165) is 24.2 Å². The summed E-state index contributed by atoms with van der Waals surface area (Å²) in [6.07, 6.45) is 6.12. The third kappa shape index (κ3) is 3.01. The van der Waals surface area contributed by atoms with E-state index in [1.165, 1.54) is 0 Å². The van der Waals surface area contributed by atoms with E-state index in [0.29, 0.717) is 12.5 Å². The number of hydrogen-bond donors (Lipinski definition) is 0. The second-order valence-corrected chi connectivity index (χ2v) is 4.69. The van der Waals surface area contributed by atoms with Crippen molar-refractivity contribution in [3.8, 4) is 0 Å². The fraction of sp³-hybridized carbons (Fsp3) is 0.429. The lowest BCUT2D eigenvalue weighted by Gasteiger charge is -2.31. The van der Waals surface area contributed by atoms with Crippen LogP contribution in [0.1, 0.15) is 25.8 Å². The highest BCUT2D eigenvalue weighted by Crippen LogP contribution is 2.17. The van der Waals surface area contributed by atoms with Crippen molar-refractivity contribution in [3.05, 3.63) is 35.7 Å². The highest BCUT2D eigenvalue weighted by Gasteiger charge is 2.22. The molecule has 1 aliphatic heterocycles. The Hall–Kier alpha value is -1.48. The average Bonchev–Trinajstić information content (AvgIpc) is 2.33. The highest BCUT2D eigenvalue weighted by molar-refractivity contribution is 6.00. The van der Waals surface area contributed by atoms with Crippen molar-refractivity contribution in [3.63, 3.8) is 0 Å². The van der Waals surface area contributed by atoms with Crippen LogP contribution in [0.15, 0.2) is 30.1 Å². The van der Waals surface area contributed by atoms with E-state index in [-0.39, 0.29) is 5.78 Å². The summed E-state index contributed by atoms with van der Waals surface area (Å²) in [5.41, 5.74) is 1.90. The van der Waals surface area contributed by atoms with Crippen LogP contribution in [0.3, 0.4) is 0 Å². The molecule has 0 saturated carbocycles. The van der Waals surface area contributed by atoms with Crippen LogP contribution in [-0.2, 0) is 4.79 Å². The molecule has 1 aromatic rings. The first-order valence-electron chi connectivity index (χ1n) is 6.04. The predicted molar refractivity (Wildman–Crippen MR) is 68.5 cm³/mol. The van der Waals surface area contributed by atoms with E-state index in [1.807, 2.05) is 18.2 Å². The predicted octanol–water partition coefficient (Wildman–Crippen LogP) is 2.15. The van der Waals surface area contributed by atoms with Crippen molar-refractivity contribution in [1.29, 1.82) is 0 Å². The second-order valence-electron chi connectivity index (χ2n) is 4.69. The SMILES string of the molecule is CC(C)N1CCC(=O)/C(=C/c2cccnc2)C1. The maximum atomic E-state index is 11.9. The normalized spacial score (nSPS) is 20.2. The number of carbonyl (C=O) groups excluding carboxylic acids is 1. The van der Waals surface area contributed by atoms with Gasteiger partial charge in [0.25, 0.3) is 0 Å². The van der Waals surface area contributed by atoms with E-state index >= 15 is 0 Å². The molecule has 0 unspecified atom stereocenters. The zero-order valence-electron chi connectivity index (χ0n) is 10.4. The minimum atomic E-state index is 0.269. The van der Waals surface area contributed by atoms with E-state index < -0.39 is 0 Å². The minimum Gasteiger partial charge on any atom is -0.296 e. The number of hydrogen-bond acceptors (Lipinski definition) is 3. The first-order valence-corrected chi connectivity index (χ1v) is 6.04. The third-order valence-electron chi connectivity index (χ3n) is 3.11. The minimum absolute atomic E-state index is 0.269. The Morgan fingerprint density at radius 3 is 2.94 bits per heavy atom. The second kappa shape index (κ2) is 5.23. The Bertz CT molecular complexity index is 423. The van der Waals surface area contributed by atoms with Gasteiger partial charge in [-0.25, -0.2) is 0 Å². The lowest BCUT2D eigenvalue weighted by atomic mass is 10.00. The monoisotopic (exact) mass is 230 g/mol. The van der Waals surface area contributed by atoms with Gasteiger partial charge in [-0.1, -0.05) is 6.07 Å². The molecular formula is C14H18N2O. The molecule has 0 bridgehead atoms. The van der Waals surface area contributed by atoms with Crippen LogP contribution >= 0.6 is 0 Å². The van der Waals surface area contributed by atoms with E-state index in [4.69, 9.17) is 0 Å². The number of pyridine rings is 1. The summed E-state index contributed by atoms with van der Waals surface area (Å²) in [7, 11) is 0. The van der Waals surface area contributed by atoms with Crippen molar-refractivity contribution in [1.82, 2.24) is 9.88 Å². The lowest BCUT2D eigenvalue weighted by molar-refractivity contribution is -0.117. The van der Waals surface area contributed by atoms with Crippen LogP contribution in [0.4, 0.5) is 0 Å². The summed E-state index contributed by atoms with van der Waals surface area (Å²) in [6, 6.07) is 4.35. The van der Waals surface area contributed by atoms with Gasteiger partial charge in [0.2, 0.25) is 0 Å². The van der Waals surface area contributed by atoms with Crippen LogP contribution in [0, 0.1) is 0 Å². The smallest absolute Gasteiger partial charge is 0.161 e. The summed E-state index contributed by atoms with van der Waals surface area (Å²) < 4.78 is 0. The van der Waals surface area contributed by atoms with Crippen molar-refractivity contribution in [2.24, 2.45) is 0 Å². The zero-order chi connectivity index (χ0) is 12.3. The highest BCUT2D eigenvalue weighted by atomic mass is 16.1. The van der Waals surface area contributed by atoms with Gasteiger partial charge in [-0.2, -0.15) is 0 Å². The van der Waals surface area contributed by atoms with E-state index in [1.54, 1.807) is 12.4 Å². The molecule has 0 amide bonds. The summed E-state index contributed by atoms with van der Waals surface area (Å²) in [5, 5.41) is 0. The number of carbonyl (C=O) groups is 1. The Morgan fingerprint density at radius 2 is 2.29 bits per heavy atom. The number of likely N-dealkylation sites (tertiary alicyclic amines) is 1. The molecule has 1 aromatic heterocycles.